The second kappa shape index (κ2) is 5.69. The van der Waals surface area contributed by atoms with Gasteiger partial charge < -0.3 is 4.18 Å². The Kier molecular flexibility index (Phi) is 3.94. The monoisotopic (exact) mass is 359 g/mol. The average Bonchev–Trinajstić information content (AvgIpc) is 2.94. The largest absolute Gasteiger partial charge is 0.534 e. The van der Waals surface area contributed by atoms with Crippen molar-refractivity contribution >= 4 is 10.1 Å². The lowest BCUT2D eigenvalue weighted by atomic mass is 10.2. The molecule has 1 aliphatic carbocycles. The van der Waals surface area contributed by atoms with Gasteiger partial charge >= 0.3 is 15.6 Å². The van der Waals surface area contributed by atoms with Crippen LogP contribution in [0.5, 0.6) is 5.88 Å². The van der Waals surface area contributed by atoms with E-state index in [9.17, 15) is 21.6 Å². The minimum absolute atomic E-state index is 0.0340. The number of hydrogen-bond acceptors (Lipinski definition) is 6. The third-order valence-electron chi connectivity index (χ3n) is 3.51. The van der Waals surface area contributed by atoms with Crippen LogP contribution in [-0.4, -0.2) is 28.9 Å². The lowest BCUT2D eigenvalue weighted by Crippen LogP contribution is -2.29. The molecule has 2 aromatic rings. The molecule has 0 spiro atoms. The van der Waals surface area contributed by atoms with Gasteiger partial charge in [-0.15, -0.1) is 0 Å². The van der Waals surface area contributed by atoms with E-state index >= 15 is 0 Å². The van der Waals surface area contributed by atoms with E-state index in [2.05, 4.69) is 19.1 Å². The van der Waals surface area contributed by atoms with Crippen LogP contribution in [0, 0.1) is 6.92 Å². The first kappa shape index (κ1) is 16.6. The number of nitrogens with zero attached hydrogens (tertiary/aromatic N) is 3. The molecule has 0 bridgehead atoms. The average molecular weight is 359 g/mol. The standard InChI is InChI=1S/C14H12F3N3O3S/c1-8-5-6-18-11(7-8)12-19-10-4-2-3-9(10)13(20-12)23-24(21,22)14(15,16)17/h5-7H,2-4H2,1H3. The zero-order chi connectivity index (χ0) is 17.5. The van der Waals surface area contributed by atoms with Crippen molar-refractivity contribution in [1.29, 1.82) is 0 Å². The van der Waals surface area contributed by atoms with Gasteiger partial charge in [-0.2, -0.15) is 26.6 Å². The van der Waals surface area contributed by atoms with Crippen molar-refractivity contribution in [1.82, 2.24) is 15.0 Å². The maximum atomic E-state index is 12.6. The molecule has 2 aromatic heterocycles. The molecular formula is C14H12F3N3O3S. The summed E-state index contributed by atoms with van der Waals surface area (Å²) in [6.07, 6.45) is 3.02. The molecule has 10 heteroatoms. The number of halogens is 3. The van der Waals surface area contributed by atoms with Gasteiger partial charge in [-0.05, 0) is 43.9 Å². The minimum atomic E-state index is -5.79. The summed E-state index contributed by atoms with van der Waals surface area (Å²) in [5, 5.41) is 0. The summed E-state index contributed by atoms with van der Waals surface area (Å²) in [4.78, 5) is 12.2. The molecule has 0 atom stereocenters. The van der Waals surface area contributed by atoms with Gasteiger partial charge in [0.1, 0.15) is 5.69 Å². The molecule has 24 heavy (non-hydrogen) atoms. The van der Waals surface area contributed by atoms with E-state index in [0.717, 1.165) is 5.56 Å². The number of aromatic nitrogens is 3. The molecule has 0 radical (unpaired) electrons. The predicted molar refractivity (Wildman–Crippen MR) is 77.6 cm³/mol. The number of aryl methyl sites for hydroxylation is 2. The van der Waals surface area contributed by atoms with Crippen LogP contribution >= 0.6 is 0 Å². The molecule has 2 heterocycles. The molecular weight excluding hydrogens is 347 g/mol. The predicted octanol–water partition coefficient (Wildman–Crippen LogP) is 2.56. The van der Waals surface area contributed by atoms with E-state index < -0.39 is 21.5 Å². The van der Waals surface area contributed by atoms with Crippen molar-refractivity contribution < 1.29 is 25.8 Å². The topological polar surface area (TPSA) is 82.0 Å². The summed E-state index contributed by atoms with van der Waals surface area (Å²) in [5.74, 6) is -0.542. The number of alkyl halides is 3. The van der Waals surface area contributed by atoms with E-state index in [4.69, 9.17) is 0 Å². The normalized spacial score (nSPS) is 14.5. The van der Waals surface area contributed by atoms with Crippen molar-refractivity contribution in [3.63, 3.8) is 0 Å². The number of pyridine rings is 1. The van der Waals surface area contributed by atoms with Gasteiger partial charge in [-0.25, -0.2) is 4.98 Å². The van der Waals surface area contributed by atoms with Gasteiger partial charge in [-0.3, -0.25) is 4.98 Å². The van der Waals surface area contributed by atoms with Crippen molar-refractivity contribution in [3.8, 4) is 17.4 Å². The maximum absolute atomic E-state index is 12.6. The van der Waals surface area contributed by atoms with Gasteiger partial charge in [-0.1, -0.05) is 0 Å². The third-order valence-corrected chi connectivity index (χ3v) is 4.46. The molecule has 0 fully saturated rings. The number of fused-ring (bicyclic) bond motifs is 1. The van der Waals surface area contributed by atoms with Crippen LogP contribution in [0.25, 0.3) is 11.5 Å². The van der Waals surface area contributed by atoms with Crippen LogP contribution in [0.1, 0.15) is 23.2 Å². The summed E-state index contributed by atoms with van der Waals surface area (Å²) in [6, 6.07) is 3.39. The van der Waals surface area contributed by atoms with E-state index in [1.807, 2.05) is 6.92 Å². The Labute approximate surface area is 135 Å². The highest BCUT2D eigenvalue weighted by atomic mass is 32.2. The molecule has 1 aliphatic rings. The lowest BCUT2D eigenvalue weighted by molar-refractivity contribution is -0.0501. The number of hydrogen-bond donors (Lipinski definition) is 0. The second-order valence-corrected chi connectivity index (χ2v) is 6.87. The van der Waals surface area contributed by atoms with E-state index in [-0.39, 0.29) is 5.82 Å². The fourth-order valence-corrected chi connectivity index (χ4v) is 2.83. The molecule has 0 aliphatic heterocycles. The highest BCUT2D eigenvalue weighted by Gasteiger charge is 2.49. The molecule has 6 nitrogen and oxygen atoms in total. The van der Waals surface area contributed by atoms with Gasteiger partial charge in [0.05, 0.1) is 5.69 Å². The Balaban J connectivity index is 2.10. The second-order valence-electron chi connectivity index (χ2n) is 5.33. The molecule has 0 amide bonds. The van der Waals surface area contributed by atoms with Crippen molar-refractivity contribution in [2.75, 3.05) is 0 Å². The smallest absolute Gasteiger partial charge is 0.355 e. The van der Waals surface area contributed by atoms with E-state index in [1.54, 1.807) is 12.1 Å². The van der Waals surface area contributed by atoms with Crippen LogP contribution in [-0.2, 0) is 23.0 Å². The van der Waals surface area contributed by atoms with Crippen LogP contribution in [0.4, 0.5) is 13.2 Å². The van der Waals surface area contributed by atoms with Crippen LogP contribution in [0.3, 0.4) is 0 Å². The van der Waals surface area contributed by atoms with Crippen molar-refractivity contribution in [2.24, 2.45) is 0 Å². The summed E-state index contributed by atoms with van der Waals surface area (Å²) < 4.78 is 64.6. The molecule has 128 valence electrons. The lowest BCUT2D eigenvalue weighted by Gasteiger charge is -2.12. The summed E-state index contributed by atoms with van der Waals surface area (Å²) in [6.45, 7) is 1.81. The minimum Gasteiger partial charge on any atom is -0.355 e. The Bertz CT molecular complexity index is 898. The molecule has 3 rings (SSSR count). The Morgan fingerprint density at radius 3 is 2.62 bits per heavy atom. The summed E-state index contributed by atoms with van der Waals surface area (Å²) >= 11 is 0. The molecule has 0 unspecified atom stereocenters. The van der Waals surface area contributed by atoms with Crippen LogP contribution in [0.15, 0.2) is 18.3 Å². The first-order chi connectivity index (χ1) is 11.2. The molecule has 0 aromatic carbocycles. The number of rotatable bonds is 3. The molecule has 0 N–H and O–H groups in total. The zero-order valence-corrected chi connectivity index (χ0v) is 13.3. The quantitative estimate of drug-likeness (QED) is 0.619. The Morgan fingerprint density at radius 2 is 1.96 bits per heavy atom. The highest BCUT2D eigenvalue weighted by molar-refractivity contribution is 7.87. The van der Waals surface area contributed by atoms with E-state index in [0.29, 0.717) is 36.2 Å². The van der Waals surface area contributed by atoms with Crippen LogP contribution in [0.2, 0.25) is 0 Å². The van der Waals surface area contributed by atoms with E-state index in [1.165, 1.54) is 6.20 Å². The zero-order valence-electron chi connectivity index (χ0n) is 12.5. The maximum Gasteiger partial charge on any atom is 0.534 e. The fourth-order valence-electron chi connectivity index (χ4n) is 2.39. The fraction of sp³-hybridized carbons (Fsp3) is 0.357. The van der Waals surface area contributed by atoms with Gasteiger partial charge in [0.15, 0.2) is 5.82 Å². The van der Waals surface area contributed by atoms with Gasteiger partial charge in [0.2, 0.25) is 5.88 Å². The van der Waals surface area contributed by atoms with Crippen molar-refractivity contribution in [3.05, 3.63) is 35.2 Å². The van der Waals surface area contributed by atoms with Crippen molar-refractivity contribution in [2.45, 2.75) is 31.7 Å². The molecule has 0 saturated carbocycles. The van der Waals surface area contributed by atoms with Crippen LogP contribution < -0.4 is 4.18 Å². The van der Waals surface area contributed by atoms with Gasteiger partial charge in [0.25, 0.3) is 0 Å². The SMILES string of the molecule is Cc1ccnc(-c2nc3c(c(OS(=O)(=O)C(F)(F)F)n2)CCC3)c1. The van der Waals surface area contributed by atoms with Gasteiger partial charge in [0, 0.05) is 11.8 Å². The first-order valence-corrected chi connectivity index (χ1v) is 8.42. The Hall–Kier alpha value is -2.23. The third kappa shape index (κ3) is 3.05. The molecule has 0 saturated heterocycles. The first-order valence-electron chi connectivity index (χ1n) is 7.01. The summed E-state index contributed by atoms with van der Waals surface area (Å²) in [7, 11) is -5.79. The summed E-state index contributed by atoms with van der Waals surface area (Å²) in [5.41, 5.74) is -3.56. The highest BCUT2D eigenvalue weighted by Crippen LogP contribution is 2.33. The Morgan fingerprint density at radius 1 is 1.21 bits per heavy atom.